The number of pyridine rings is 1. The van der Waals surface area contributed by atoms with Crippen LogP contribution in [0.5, 0.6) is 0 Å². The van der Waals surface area contributed by atoms with Crippen LogP contribution < -0.4 is 0 Å². The van der Waals surface area contributed by atoms with Crippen molar-refractivity contribution in [3.8, 4) is 5.82 Å². The molecule has 0 bridgehead atoms. The van der Waals surface area contributed by atoms with Gasteiger partial charge >= 0.3 is 5.97 Å². The maximum atomic E-state index is 12.2. The number of carbonyl (C=O) groups excluding carboxylic acids is 1. The molecule has 0 atom stereocenters. The number of carbonyl (C=O) groups is 2. The van der Waals surface area contributed by atoms with E-state index in [2.05, 4.69) is 15.1 Å². The lowest BCUT2D eigenvalue weighted by Crippen LogP contribution is -2.32. The molecule has 0 spiro atoms. The van der Waals surface area contributed by atoms with Gasteiger partial charge in [0.05, 0.1) is 12.0 Å². The zero-order chi connectivity index (χ0) is 15.2. The van der Waals surface area contributed by atoms with Crippen LogP contribution in [0.15, 0.2) is 31.0 Å². The number of hydrogen-bond acceptors (Lipinski definition) is 5. The van der Waals surface area contributed by atoms with Crippen LogP contribution in [0.1, 0.15) is 23.7 Å². The van der Waals surface area contributed by atoms with Crippen molar-refractivity contribution in [1.82, 2.24) is 24.6 Å². The number of carboxylic acids is 1. The Balaban J connectivity index is 2.09. The zero-order valence-electron chi connectivity index (χ0n) is 11.5. The summed E-state index contributed by atoms with van der Waals surface area (Å²) in [5.74, 6) is -0.616. The minimum absolute atomic E-state index is 0.0793. The molecule has 110 valence electrons. The van der Waals surface area contributed by atoms with Crippen LogP contribution in [0.3, 0.4) is 0 Å². The topological polar surface area (TPSA) is 101 Å². The third kappa shape index (κ3) is 3.62. The van der Waals surface area contributed by atoms with Crippen molar-refractivity contribution < 1.29 is 14.7 Å². The molecule has 8 heteroatoms. The molecule has 0 aliphatic carbocycles. The van der Waals surface area contributed by atoms with Gasteiger partial charge in [-0.1, -0.05) is 0 Å². The molecular formula is C13H15N5O3. The van der Waals surface area contributed by atoms with Gasteiger partial charge in [-0.15, -0.1) is 0 Å². The summed E-state index contributed by atoms with van der Waals surface area (Å²) >= 11 is 0. The van der Waals surface area contributed by atoms with E-state index in [1.54, 1.807) is 19.1 Å². The first-order chi connectivity index (χ1) is 10.1. The Kier molecular flexibility index (Phi) is 4.60. The van der Waals surface area contributed by atoms with E-state index in [0.717, 1.165) is 0 Å². The molecule has 2 aromatic heterocycles. The summed E-state index contributed by atoms with van der Waals surface area (Å²) in [7, 11) is 0. The quantitative estimate of drug-likeness (QED) is 0.835. The standard InChI is InChI=1S/C13H15N5O3/c1-2-17(6-5-12(19)20)13(21)10-3-4-11(15-7-10)18-9-14-8-16-18/h3-4,7-9H,2,5-6H2,1H3,(H,19,20). The predicted molar refractivity (Wildman–Crippen MR) is 73.0 cm³/mol. The number of nitrogens with zero attached hydrogens (tertiary/aromatic N) is 5. The zero-order valence-corrected chi connectivity index (χ0v) is 11.5. The largest absolute Gasteiger partial charge is 0.481 e. The van der Waals surface area contributed by atoms with Crippen LogP contribution >= 0.6 is 0 Å². The van der Waals surface area contributed by atoms with Crippen molar-refractivity contribution in [2.75, 3.05) is 13.1 Å². The Labute approximate surface area is 121 Å². The average Bonchev–Trinajstić information content (AvgIpc) is 3.02. The number of carboxylic acid groups (broad SMARTS) is 1. The molecule has 0 aliphatic rings. The first kappa shape index (κ1) is 14.6. The molecule has 2 aromatic rings. The fourth-order valence-corrected chi connectivity index (χ4v) is 1.79. The van der Waals surface area contributed by atoms with E-state index in [-0.39, 0.29) is 18.9 Å². The normalized spacial score (nSPS) is 10.3. The van der Waals surface area contributed by atoms with Gasteiger partial charge in [0.2, 0.25) is 0 Å². The molecule has 8 nitrogen and oxygen atoms in total. The molecule has 0 fully saturated rings. The SMILES string of the molecule is CCN(CCC(=O)O)C(=O)c1ccc(-n2cncn2)nc1. The Hall–Kier alpha value is -2.77. The number of amides is 1. The second-order valence-electron chi connectivity index (χ2n) is 4.27. The highest BCUT2D eigenvalue weighted by atomic mass is 16.4. The van der Waals surface area contributed by atoms with Crippen LogP contribution in [-0.2, 0) is 4.79 Å². The third-order valence-electron chi connectivity index (χ3n) is 2.91. The van der Waals surface area contributed by atoms with Crippen molar-refractivity contribution in [3.05, 3.63) is 36.5 Å². The highest BCUT2D eigenvalue weighted by molar-refractivity contribution is 5.94. The van der Waals surface area contributed by atoms with E-state index in [0.29, 0.717) is 17.9 Å². The number of rotatable bonds is 6. The van der Waals surface area contributed by atoms with Gasteiger partial charge < -0.3 is 10.0 Å². The number of hydrogen-bond donors (Lipinski definition) is 1. The van der Waals surface area contributed by atoms with Crippen LogP contribution in [0.4, 0.5) is 0 Å². The maximum Gasteiger partial charge on any atom is 0.305 e. The first-order valence-electron chi connectivity index (χ1n) is 6.44. The molecule has 1 N–H and O–H groups in total. The van der Waals surface area contributed by atoms with Crippen LogP contribution in [0.25, 0.3) is 5.82 Å². The number of aromatic nitrogens is 4. The van der Waals surface area contributed by atoms with Crippen molar-refractivity contribution in [2.45, 2.75) is 13.3 Å². The lowest BCUT2D eigenvalue weighted by Gasteiger charge is -2.19. The molecule has 0 radical (unpaired) electrons. The predicted octanol–water partition coefficient (Wildman–Crippen LogP) is 0.599. The monoisotopic (exact) mass is 289 g/mol. The molecule has 0 aliphatic heterocycles. The Bertz CT molecular complexity index is 609. The van der Waals surface area contributed by atoms with E-state index < -0.39 is 5.97 Å². The van der Waals surface area contributed by atoms with Gasteiger partial charge in [0.15, 0.2) is 5.82 Å². The number of aliphatic carboxylic acids is 1. The molecule has 2 heterocycles. The third-order valence-corrected chi connectivity index (χ3v) is 2.91. The molecule has 0 saturated carbocycles. The highest BCUT2D eigenvalue weighted by Crippen LogP contribution is 2.08. The second kappa shape index (κ2) is 6.60. The Morgan fingerprint density at radius 2 is 2.19 bits per heavy atom. The lowest BCUT2D eigenvalue weighted by atomic mass is 10.2. The van der Waals surface area contributed by atoms with Crippen molar-refractivity contribution in [3.63, 3.8) is 0 Å². The Morgan fingerprint density at radius 1 is 1.38 bits per heavy atom. The molecule has 21 heavy (non-hydrogen) atoms. The van der Waals surface area contributed by atoms with E-state index in [1.165, 1.54) is 28.4 Å². The summed E-state index contributed by atoms with van der Waals surface area (Å²) in [6.45, 7) is 2.42. The van der Waals surface area contributed by atoms with E-state index in [9.17, 15) is 9.59 Å². The molecule has 0 saturated heterocycles. The summed E-state index contributed by atoms with van der Waals surface area (Å²) in [4.78, 5) is 32.3. The van der Waals surface area contributed by atoms with Gasteiger partial charge in [0, 0.05) is 19.3 Å². The van der Waals surface area contributed by atoms with Crippen LogP contribution in [0, 0.1) is 0 Å². The van der Waals surface area contributed by atoms with Crippen molar-refractivity contribution in [1.29, 1.82) is 0 Å². The maximum absolute atomic E-state index is 12.2. The average molecular weight is 289 g/mol. The molecule has 0 unspecified atom stereocenters. The summed E-state index contributed by atoms with van der Waals surface area (Å²) in [5, 5.41) is 12.6. The first-order valence-corrected chi connectivity index (χ1v) is 6.44. The van der Waals surface area contributed by atoms with E-state index in [4.69, 9.17) is 5.11 Å². The lowest BCUT2D eigenvalue weighted by molar-refractivity contribution is -0.137. The van der Waals surface area contributed by atoms with E-state index in [1.807, 2.05) is 0 Å². The molecule has 1 amide bonds. The van der Waals surface area contributed by atoms with Crippen molar-refractivity contribution in [2.24, 2.45) is 0 Å². The van der Waals surface area contributed by atoms with Crippen molar-refractivity contribution >= 4 is 11.9 Å². The van der Waals surface area contributed by atoms with Gasteiger partial charge in [0.1, 0.15) is 12.7 Å². The van der Waals surface area contributed by atoms with E-state index >= 15 is 0 Å². The van der Waals surface area contributed by atoms with Crippen LogP contribution in [-0.4, -0.2) is 54.7 Å². The Morgan fingerprint density at radius 3 is 2.71 bits per heavy atom. The van der Waals surface area contributed by atoms with Gasteiger partial charge in [-0.25, -0.2) is 14.6 Å². The second-order valence-corrected chi connectivity index (χ2v) is 4.27. The molecule has 2 rings (SSSR count). The fourth-order valence-electron chi connectivity index (χ4n) is 1.79. The molecule has 0 aromatic carbocycles. The highest BCUT2D eigenvalue weighted by Gasteiger charge is 2.15. The summed E-state index contributed by atoms with van der Waals surface area (Å²) in [6, 6.07) is 3.29. The minimum atomic E-state index is -0.930. The smallest absolute Gasteiger partial charge is 0.305 e. The van der Waals surface area contributed by atoms with Gasteiger partial charge in [-0.2, -0.15) is 5.10 Å². The summed E-state index contributed by atoms with van der Waals surface area (Å²) < 4.78 is 1.48. The summed E-state index contributed by atoms with van der Waals surface area (Å²) in [5.41, 5.74) is 0.408. The fraction of sp³-hybridized carbons (Fsp3) is 0.308. The van der Waals surface area contributed by atoms with Gasteiger partial charge in [0.25, 0.3) is 5.91 Å². The molecular weight excluding hydrogens is 274 g/mol. The van der Waals surface area contributed by atoms with Gasteiger partial charge in [-0.05, 0) is 19.1 Å². The minimum Gasteiger partial charge on any atom is -0.481 e. The summed E-state index contributed by atoms with van der Waals surface area (Å²) in [6.07, 6.45) is 4.27. The van der Waals surface area contributed by atoms with Crippen LogP contribution in [0.2, 0.25) is 0 Å². The van der Waals surface area contributed by atoms with Gasteiger partial charge in [-0.3, -0.25) is 9.59 Å².